The van der Waals surface area contributed by atoms with Crippen molar-refractivity contribution < 1.29 is 9.66 Å². The third-order valence-electron chi connectivity index (χ3n) is 3.05. The first-order chi connectivity index (χ1) is 10.1. The van der Waals surface area contributed by atoms with Crippen LogP contribution in [0.1, 0.15) is 25.5 Å². The highest BCUT2D eigenvalue weighted by atomic mass is 16.6. The lowest BCUT2D eigenvalue weighted by atomic mass is 10.3. The molecule has 0 spiro atoms. The lowest BCUT2D eigenvalue weighted by Crippen LogP contribution is -2.31. The Morgan fingerprint density at radius 2 is 2.24 bits per heavy atom. The van der Waals surface area contributed by atoms with Crippen LogP contribution in [-0.4, -0.2) is 41.5 Å². The first-order valence-electron chi connectivity index (χ1n) is 6.89. The monoisotopic (exact) mass is 295 g/mol. The van der Waals surface area contributed by atoms with Gasteiger partial charge in [0.15, 0.2) is 0 Å². The minimum absolute atomic E-state index is 0.0116. The van der Waals surface area contributed by atoms with Crippen molar-refractivity contribution in [1.29, 1.82) is 5.26 Å². The molecule has 0 radical (unpaired) electrons. The van der Waals surface area contributed by atoms with E-state index in [0.717, 1.165) is 6.42 Å². The minimum atomic E-state index is -0.407. The number of methoxy groups -OCH3 is 1. The number of hydrogen-bond acceptors (Lipinski definition) is 6. The van der Waals surface area contributed by atoms with E-state index < -0.39 is 4.92 Å². The van der Waals surface area contributed by atoms with Gasteiger partial charge in [-0.25, -0.2) is 4.68 Å². The smallest absolute Gasteiger partial charge is 0.333 e. The summed E-state index contributed by atoms with van der Waals surface area (Å²) in [6.45, 7) is 5.54. The van der Waals surface area contributed by atoms with Gasteiger partial charge < -0.3 is 9.64 Å². The summed E-state index contributed by atoms with van der Waals surface area (Å²) in [5, 5.41) is 24.4. The van der Waals surface area contributed by atoms with Crippen LogP contribution in [0.2, 0.25) is 0 Å². The Hall–Kier alpha value is -2.14. The van der Waals surface area contributed by atoms with Crippen LogP contribution in [0, 0.1) is 28.4 Å². The number of aromatic nitrogens is 2. The maximum absolute atomic E-state index is 11.3. The number of anilines is 1. The van der Waals surface area contributed by atoms with Gasteiger partial charge in [-0.2, -0.15) is 10.4 Å². The van der Waals surface area contributed by atoms with E-state index >= 15 is 0 Å². The molecule has 116 valence electrons. The summed E-state index contributed by atoms with van der Waals surface area (Å²) >= 11 is 0. The Bertz CT molecular complexity index is 521. The predicted octanol–water partition coefficient (Wildman–Crippen LogP) is 1.88. The first-order valence-corrected chi connectivity index (χ1v) is 6.89. The van der Waals surface area contributed by atoms with Gasteiger partial charge in [0, 0.05) is 26.7 Å². The zero-order valence-electron chi connectivity index (χ0n) is 12.7. The summed E-state index contributed by atoms with van der Waals surface area (Å²) in [7, 11) is 1.57. The molecule has 0 unspecified atom stereocenters. The van der Waals surface area contributed by atoms with E-state index in [2.05, 4.69) is 11.2 Å². The molecule has 0 aliphatic carbocycles. The molecule has 0 N–H and O–H groups in total. The second kappa shape index (κ2) is 8.21. The van der Waals surface area contributed by atoms with E-state index in [4.69, 9.17) is 10.00 Å². The summed E-state index contributed by atoms with van der Waals surface area (Å²) in [4.78, 5) is 12.7. The summed E-state index contributed by atoms with van der Waals surface area (Å²) in [5.41, 5.74) is 0.403. The topological polar surface area (TPSA) is 97.2 Å². The molecule has 0 fully saturated rings. The van der Waals surface area contributed by atoms with Crippen molar-refractivity contribution in [2.45, 2.75) is 33.2 Å². The Labute approximate surface area is 124 Å². The van der Waals surface area contributed by atoms with Crippen molar-refractivity contribution in [2.24, 2.45) is 0 Å². The molecule has 8 heteroatoms. The van der Waals surface area contributed by atoms with Crippen LogP contribution in [0.4, 0.5) is 11.5 Å². The van der Waals surface area contributed by atoms with Crippen LogP contribution in [0.15, 0.2) is 0 Å². The number of rotatable bonds is 9. The molecule has 1 aromatic heterocycles. The van der Waals surface area contributed by atoms with Crippen LogP contribution in [0.5, 0.6) is 0 Å². The molecule has 0 bridgehead atoms. The van der Waals surface area contributed by atoms with Gasteiger partial charge in [-0.05, 0) is 13.3 Å². The molecule has 0 saturated heterocycles. The number of nitro groups is 1. The van der Waals surface area contributed by atoms with E-state index in [1.165, 1.54) is 0 Å². The molecule has 0 saturated carbocycles. The van der Waals surface area contributed by atoms with Gasteiger partial charge in [0.1, 0.15) is 5.69 Å². The standard InChI is InChI=1S/C13H21N5O3/c1-4-7-17-13(12(18(19)20)11(2)15-17)16(8-5-6-14)9-10-21-3/h4-5,7-10H2,1-3H3. The average molecular weight is 295 g/mol. The normalized spacial score (nSPS) is 10.4. The van der Waals surface area contributed by atoms with Crippen LogP contribution < -0.4 is 4.90 Å². The largest absolute Gasteiger partial charge is 0.383 e. The number of nitriles is 1. The summed E-state index contributed by atoms with van der Waals surface area (Å²) in [5.74, 6) is 0.464. The number of hydrogen-bond donors (Lipinski definition) is 0. The lowest BCUT2D eigenvalue weighted by molar-refractivity contribution is -0.384. The molecule has 0 amide bonds. The minimum Gasteiger partial charge on any atom is -0.383 e. The quantitative estimate of drug-likeness (QED) is 0.509. The van der Waals surface area contributed by atoms with Crippen molar-refractivity contribution in [3.63, 3.8) is 0 Å². The van der Waals surface area contributed by atoms with E-state index in [-0.39, 0.29) is 12.1 Å². The van der Waals surface area contributed by atoms with Gasteiger partial charge in [0.2, 0.25) is 5.82 Å². The summed E-state index contributed by atoms with van der Waals surface area (Å²) in [6.07, 6.45) is 1.11. The molecule has 0 aliphatic rings. The average Bonchev–Trinajstić information content (AvgIpc) is 2.76. The third-order valence-corrected chi connectivity index (χ3v) is 3.05. The molecule has 0 atom stereocenters. The predicted molar refractivity (Wildman–Crippen MR) is 78.2 cm³/mol. The van der Waals surface area contributed by atoms with E-state index in [1.807, 2.05) is 6.92 Å². The maximum atomic E-state index is 11.3. The third kappa shape index (κ3) is 4.16. The Balaban J connectivity index is 3.24. The second-order valence-corrected chi connectivity index (χ2v) is 4.63. The molecule has 1 aromatic rings. The number of aryl methyl sites for hydroxylation is 2. The first kappa shape index (κ1) is 16.9. The fourth-order valence-electron chi connectivity index (χ4n) is 2.16. The molecule has 0 aromatic carbocycles. The fourth-order valence-corrected chi connectivity index (χ4v) is 2.16. The SMILES string of the molecule is CCCn1nc(C)c([N+](=O)[O-])c1N(CCC#N)CCOC. The van der Waals surface area contributed by atoms with Crippen LogP contribution >= 0.6 is 0 Å². The van der Waals surface area contributed by atoms with Crippen LogP contribution in [0.25, 0.3) is 0 Å². The highest BCUT2D eigenvalue weighted by Crippen LogP contribution is 2.31. The number of nitrogens with zero attached hydrogens (tertiary/aromatic N) is 5. The molecule has 0 aliphatic heterocycles. The molecule has 1 heterocycles. The molecular weight excluding hydrogens is 274 g/mol. The van der Waals surface area contributed by atoms with Crippen molar-refractivity contribution in [1.82, 2.24) is 9.78 Å². The highest BCUT2D eigenvalue weighted by molar-refractivity contribution is 5.61. The van der Waals surface area contributed by atoms with Gasteiger partial charge in [0.05, 0.1) is 24.0 Å². The van der Waals surface area contributed by atoms with Gasteiger partial charge in [-0.15, -0.1) is 0 Å². The summed E-state index contributed by atoms with van der Waals surface area (Å²) < 4.78 is 6.71. The second-order valence-electron chi connectivity index (χ2n) is 4.63. The highest BCUT2D eigenvalue weighted by Gasteiger charge is 2.29. The van der Waals surface area contributed by atoms with Crippen molar-refractivity contribution in [3.05, 3.63) is 15.8 Å². The van der Waals surface area contributed by atoms with E-state index in [9.17, 15) is 10.1 Å². The number of ether oxygens (including phenoxy) is 1. The Morgan fingerprint density at radius 3 is 2.76 bits per heavy atom. The van der Waals surface area contributed by atoms with Gasteiger partial charge in [0.25, 0.3) is 0 Å². The molecule has 1 rings (SSSR count). The Morgan fingerprint density at radius 1 is 1.52 bits per heavy atom. The van der Waals surface area contributed by atoms with Crippen LogP contribution in [0.3, 0.4) is 0 Å². The van der Waals surface area contributed by atoms with Crippen molar-refractivity contribution >= 4 is 11.5 Å². The lowest BCUT2D eigenvalue weighted by Gasteiger charge is -2.23. The van der Waals surface area contributed by atoms with E-state index in [1.54, 1.807) is 23.6 Å². The summed E-state index contributed by atoms with van der Waals surface area (Å²) in [6, 6.07) is 2.07. The fraction of sp³-hybridized carbons (Fsp3) is 0.692. The Kier molecular flexibility index (Phi) is 6.62. The van der Waals surface area contributed by atoms with E-state index in [0.29, 0.717) is 37.8 Å². The molecule has 21 heavy (non-hydrogen) atoms. The molecular formula is C13H21N5O3. The van der Waals surface area contributed by atoms with Gasteiger partial charge >= 0.3 is 5.69 Å². The van der Waals surface area contributed by atoms with Crippen LogP contribution in [-0.2, 0) is 11.3 Å². The zero-order chi connectivity index (χ0) is 15.8. The van der Waals surface area contributed by atoms with Crippen molar-refractivity contribution in [2.75, 3.05) is 31.7 Å². The maximum Gasteiger partial charge on any atom is 0.333 e. The molecule has 8 nitrogen and oxygen atoms in total. The van der Waals surface area contributed by atoms with Crippen molar-refractivity contribution in [3.8, 4) is 6.07 Å². The van der Waals surface area contributed by atoms with Gasteiger partial charge in [-0.1, -0.05) is 6.92 Å². The zero-order valence-corrected chi connectivity index (χ0v) is 12.7. The van der Waals surface area contributed by atoms with Gasteiger partial charge in [-0.3, -0.25) is 10.1 Å².